The number of rotatable bonds is 42. The fraction of sp³-hybridized carbons (Fsp3) is 0.844. The molecule has 0 aromatic carbocycles. The molecule has 0 saturated carbocycles. The van der Waals surface area contributed by atoms with E-state index in [-0.39, 0.29) is 19.6 Å². The van der Waals surface area contributed by atoms with Crippen LogP contribution in [0.15, 0.2) is 36.5 Å². The number of aliphatic hydroxyl groups excluding tert-OH is 2. The Morgan fingerprint density at radius 2 is 1.07 bits per heavy atom. The molecule has 0 saturated heterocycles. The Labute approximate surface area is 338 Å². The molecule has 9 nitrogen and oxygen atoms in total. The summed E-state index contributed by atoms with van der Waals surface area (Å²) in [7, 11) is -4.40. The predicted molar refractivity (Wildman–Crippen MR) is 232 cm³/mol. The summed E-state index contributed by atoms with van der Waals surface area (Å²) in [6.45, 7) is 3.95. The lowest BCUT2D eigenvalue weighted by molar-refractivity contribution is -0.124. The van der Waals surface area contributed by atoms with Gasteiger partial charge in [0.15, 0.2) is 0 Å². The maximum atomic E-state index is 12.8. The smallest absolute Gasteiger partial charge is 0.393 e. The highest BCUT2D eigenvalue weighted by Gasteiger charge is 2.27. The molecule has 1 amide bonds. The van der Waals surface area contributed by atoms with E-state index in [1.54, 1.807) is 6.08 Å². The maximum Gasteiger partial charge on any atom is 0.472 e. The van der Waals surface area contributed by atoms with Gasteiger partial charge in [-0.1, -0.05) is 185 Å². The fourth-order valence-corrected chi connectivity index (χ4v) is 7.32. The second kappa shape index (κ2) is 40.9. The molecule has 0 fully saturated rings. The fourth-order valence-electron chi connectivity index (χ4n) is 6.56. The van der Waals surface area contributed by atoms with E-state index in [0.29, 0.717) is 6.42 Å². The van der Waals surface area contributed by atoms with Gasteiger partial charge in [-0.2, -0.15) is 0 Å². The van der Waals surface area contributed by atoms with Crippen LogP contribution in [0.4, 0.5) is 0 Å². The Morgan fingerprint density at radius 1 is 0.636 bits per heavy atom. The minimum Gasteiger partial charge on any atom is -0.393 e. The van der Waals surface area contributed by atoms with Gasteiger partial charge in [-0.3, -0.25) is 13.8 Å². The molecule has 55 heavy (non-hydrogen) atoms. The zero-order chi connectivity index (χ0) is 40.5. The highest BCUT2D eigenvalue weighted by molar-refractivity contribution is 7.47. The summed E-state index contributed by atoms with van der Waals surface area (Å²) in [4.78, 5) is 22.8. The van der Waals surface area contributed by atoms with Crippen LogP contribution in [-0.2, 0) is 18.4 Å². The molecule has 10 heteroatoms. The number of aliphatic hydroxyl groups is 2. The van der Waals surface area contributed by atoms with Crippen LogP contribution >= 0.6 is 7.82 Å². The van der Waals surface area contributed by atoms with Crippen molar-refractivity contribution < 1.29 is 33.5 Å². The Morgan fingerprint density at radius 3 is 1.58 bits per heavy atom. The van der Waals surface area contributed by atoms with Crippen LogP contribution in [0.1, 0.15) is 206 Å². The summed E-state index contributed by atoms with van der Waals surface area (Å²) in [6, 6.07) is -0.987. The monoisotopic (exact) mass is 799 g/mol. The SMILES string of the molecule is CCCCC/C=C\C/C=C\CCCCCCCC(O)CC(=O)NC(COP(=O)(O)OCCN)C(O)/C=C/CCCCCCCCCCCCCCCCCC. The van der Waals surface area contributed by atoms with Crippen molar-refractivity contribution in [2.75, 3.05) is 19.8 Å². The average Bonchev–Trinajstić information content (AvgIpc) is 3.16. The molecule has 0 aromatic rings. The number of carbonyl (C=O) groups is 1. The molecular weight excluding hydrogens is 711 g/mol. The molecule has 0 aliphatic heterocycles. The highest BCUT2D eigenvalue weighted by atomic mass is 31.2. The van der Waals surface area contributed by atoms with Gasteiger partial charge in [0, 0.05) is 6.54 Å². The van der Waals surface area contributed by atoms with Crippen LogP contribution in [-0.4, -0.2) is 59.0 Å². The number of phosphoric ester groups is 1. The second-order valence-electron chi connectivity index (χ2n) is 15.4. The van der Waals surface area contributed by atoms with Crippen LogP contribution in [0.3, 0.4) is 0 Å². The van der Waals surface area contributed by atoms with Gasteiger partial charge in [0.25, 0.3) is 0 Å². The second-order valence-corrected chi connectivity index (χ2v) is 16.9. The number of allylic oxidation sites excluding steroid dienone is 5. The zero-order valence-corrected chi connectivity index (χ0v) is 36.4. The molecule has 0 heterocycles. The van der Waals surface area contributed by atoms with Crippen molar-refractivity contribution in [2.45, 2.75) is 225 Å². The molecule has 0 aromatic heterocycles. The number of nitrogens with one attached hydrogen (secondary N) is 1. The first-order chi connectivity index (χ1) is 26.8. The Kier molecular flexibility index (Phi) is 39.9. The van der Waals surface area contributed by atoms with E-state index in [2.05, 4.69) is 43.5 Å². The van der Waals surface area contributed by atoms with Gasteiger partial charge in [0.05, 0.1) is 37.9 Å². The molecular formula is C45H87N2O7P. The lowest BCUT2D eigenvalue weighted by Crippen LogP contribution is -2.46. The Balaban J connectivity index is 4.32. The largest absolute Gasteiger partial charge is 0.472 e. The van der Waals surface area contributed by atoms with E-state index in [1.807, 2.05) is 6.08 Å². The summed E-state index contributed by atoms with van der Waals surface area (Å²) in [5.74, 6) is -0.454. The van der Waals surface area contributed by atoms with Gasteiger partial charge < -0.3 is 26.2 Å². The van der Waals surface area contributed by atoms with Crippen LogP contribution in [0.5, 0.6) is 0 Å². The van der Waals surface area contributed by atoms with Crippen LogP contribution < -0.4 is 11.1 Å². The van der Waals surface area contributed by atoms with Gasteiger partial charge >= 0.3 is 7.82 Å². The van der Waals surface area contributed by atoms with Crippen molar-refractivity contribution >= 4 is 13.7 Å². The topological polar surface area (TPSA) is 151 Å². The summed E-state index contributed by atoms with van der Waals surface area (Å²) >= 11 is 0. The van der Waals surface area contributed by atoms with Gasteiger partial charge in [-0.15, -0.1) is 0 Å². The predicted octanol–water partition coefficient (Wildman–Crippen LogP) is 11.7. The first kappa shape index (κ1) is 53.7. The van der Waals surface area contributed by atoms with Crippen molar-refractivity contribution in [1.29, 1.82) is 0 Å². The van der Waals surface area contributed by atoms with E-state index in [4.69, 9.17) is 14.8 Å². The Hall–Kier alpha value is -1.32. The van der Waals surface area contributed by atoms with E-state index in [9.17, 15) is 24.5 Å². The third-order valence-corrected chi connectivity index (χ3v) is 11.0. The Bertz CT molecular complexity index is 977. The molecule has 0 radical (unpaired) electrons. The minimum atomic E-state index is -4.40. The number of carbonyl (C=O) groups excluding carboxylic acids is 1. The molecule has 0 aliphatic rings. The number of amides is 1. The molecule has 0 spiro atoms. The zero-order valence-electron chi connectivity index (χ0n) is 35.5. The maximum absolute atomic E-state index is 12.8. The molecule has 0 aliphatic carbocycles. The number of hydrogen-bond acceptors (Lipinski definition) is 7. The van der Waals surface area contributed by atoms with E-state index in [1.165, 1.54) is 116 Å². The van der Waals surface area contributed by atoms with Crippen molar-refractivity contribution in [1.82, 2.24) is 5.32 Å². The van der Waals surface area contributed by atoms with Crippen LogP contribution in [0.25, 0.3) is 0 Å². The van der Waals surface area contributed by atoms with Crippen molar-refractivity contribution in [3.05, 3.63) is 36.5 Å². The van der Waals surface area contributed by atoms with E-state index in [0.717, 1.165) is 64.2 Å². The standard InChI is InChI=1S/C45H87N2O7P/c1-3-5-7-9-11-13-15-17-19-20-21-23-25-27-29-31-33-35-37-44(49)43(41-54-55(51,52)53-39-38-46)47-45(50)40-42(48)36-34-32-30-28-26-24-22-18-16-14-12-10-8-6-4-2/h12,14,18,22,35,37,42-44,48-49H,3-11,13,15-17,19-21,23-34,36,38-41,46H2,1-2H3,(H,47,50)(H,51,52)/b14-12-,22-18-,37-35+. The van der Waals surface area contributed by atoms with E-state index >= 15 is 0 Å². The van der Waals surface area contributed by atoms with Gasteiger partial charge in [0.2, 0.25) is 5.91 Å². The molecule has 0 bridgehead atoms. The average molecular weight is 799 g/mol. The molecule has 324 valence electrons. The summed E-state index contributed by atoms with van der Waals surface area (Å²) < 4.78 is 22.1. The number of unbranched alkanes of at least 4 members (excludes halogenated alkanes) is 24. The highest BCUT2D eigenvalue weighted by Crippen LogP contribution is 2.43. The number of nitrogens with two attached hydrogens (primary N) is 1. The first-order valence-corrected chi connectivity index (χ1v) is 24.2. The summed E-state index contributed by atoms with van der Waals surface area (Å²) in [6.07, 6.45) is 45.1. The minimum absolute atomic E-state index is 0.0470. The van der Waals surface area contributed by atoms with E-state index < -0.39 is 38.6 Å². The van der Waals surface area contributed by atoms with Crippen molar-refractivity contribution in [3.8, 4) is 0 Å². The van der Waals surface area contributed by atoms with Gasteiger partial charge in [-0.25, -0.2) is 4.57 Å². The number of hydrogen-bond donors (Lipinski definition) is 5. The molecule has 4 unspecified atom stereocenters. The normalized spacial score (nSPS) is 14.9. The van der Waals surface area contributed by atoms with Crippen molar-refractivity contribution in [3.63, 3.8) is 0 Å². The first-order valence-electron chi connectivity index (χ1n) is 22.7. The number of phosphoric acid groups is 1. The van der Waals surface area contributed by atoms with Gasteiger partial charge in [-0.05, 0) is 51.4 Å². The third kappa shape index (κ3) is 39.3. The van der Waals surface area contributed by atoms with Crippen LogP contribution in [0, 0.1) is 0 Å². The molecule has 4 atom stereocenters. The summed E-state index contributed by atoms with van der Waals surface area (Å²) in [5.41, 5.74) is 5.37. The van der Waals surface area contributed by atoms with Crippen molar-refractivity contribution in [2.24, 2.45) is 5.73 Å². The summed E-state index contributed by atoms with van der Waals surface area (Å²) in [5, 5.41) is 24.1. The molecule has 0 rings (SSSR count). The van der Waals surface area contributed by atoms with Crippen LogP contribution in [0.2, 0.25) is 0 Å². The molecule has 6 N–H and O–H groups in total. The quantitative estimate of drug-likeness (QED) is 0.0233. The van der Waals surface area contributed by atoms with Gasteiger partial charge in [0.1, 0.15) is 0 Å². The lowest BCUT2D eigenvalue weighted by Gasteiger charge is -2.24. The lowest BCUT2D eigenvalue weighted by atomic mass is 10.0. The third-order valence-electron chi connectivity index (χ3n) is 10.0.